The summed E-state index contributed by atoms with van der Waals surface area (Å²) in [7, 11) is 0. The number of aryl methyl sites for hydroxylation is 3. The molecular weight excluding hydrogens is 336 g/mol. The molecule has 0 unspecified atom stereocenters. The molecule has 2 N–H and O–H groups in total. The van der Waals surface area contributed by atoms with E-state index in [0.29, 0.717) is 18.8 Å². The van der Waals surface area contributed by atoms with Crippen molar-refractivity contribution in [3.8, 4) is 0 Å². The number of H-pyrrole nitrogens is 1. The Kier molecular flexibility index (Phi) is 4.31. The maximum absolute atomic E-state index is 12.4. The quantitative estimate of drug-likeness (QED) is 0.735. The van der Waals surface area contributed by atoms with E-state index in [1.54, 1.807) is 17.5 Å². The number of fused-ring (bicyclic) bond motifs is 3. The van der Waals surface area contributed by atoms with Crippen LogP contribution in [0.25, 0.3) is 10.2 Å². The minimum absolute atomic E-state index is 0.0757. The fourth-order valence-electron chi connectivity index (χ4n) is 3.18. The highest BCUT2D eigenvalue weighted by Crippen LogP contribution is 2.34. The van der Waals surface area contributed by atoms with Crippen LogP contribution in [0.1, 0.15) is 34.8 Å². The summed E-state index contributed by atoms with van der Waals surface area (Å²) in [6.07, 6.45) is 5.53. The minimum atomic E-state index is -0.0814. The van der Waals surface area contributed by atoms with E-state index in [2.05, 4.69) is 20.3 Å². The van der Waals surface area contributed by atoms with Gasteiger partial charge in [0.25, 0.3) is 5.56 Å². The first kappa shape index (κ1) is 16.0. The van der Waals surface area contributed by atoms with Crippen molar-refractivity contribution in [3.63, 3.8) is 0 Å². The molecule has 0 saturated carbocycles. The summed E-state index contributed by atoms with van der Waals surface area (Å²) in [6, 6.07) is 5.59. The lowest BCUT2D eigenvalue weighted by Gasteiger charge is -2.05. The summed E-state index contributed by atoms with van der Waals surface area (Å²) < 4.78 is 0. The van der Waals surface area contributed by atoms with Crippen LogP contribution in [0, 0.1) is 0 Å². The van der Waals surface area contributed by atoms with E-state index in [1.807, 2.05) is 18.2 Å². The van der Waals surface area contributed by atoms with E-state index in [0.717, 1.165) is 35.2 Å². The van der Waals surface area contributed by atoms with E-state index in [1.165, 1.54) is 10.4 Å². The summed E-state index contributed by atoms with van der Waals surface area (Å²) in [4.78, 5) is 38.0. The van der Waals surface area contributed by atoms with Crippen LogP contribution in [0.5, 0.6) is 0 Å². The molecule has 3 aromatic heterocycles. The van der Waals surface area contributed by atoms with Crippen LogP contribution < -0.4 is 10.9 Å². The van der Waals surface area contributed by atoms with Crippen LogP contribution in [0.15, 0.2) is 29.2 Å². The molecule has 128 valence electrons. The number of hydrogen-bond donors (Lipinski definition) is 2. The first-order chi connectivity index (χ1) is 12.2. The number of amides is 1. The standard InChI is InChI=1S/C18H18N4O2S/c23-15(20-10-11-4-1-2-9-19-11)8-7-14-21-17(24)16-12-5-3-6-13(12)25-18(16)22-14/h1-2,4,9H,3,5-8,10H2,(H,20,23)(H,21,22,24). The highest BCUT2D eigenvalue weighted by Gasteiger charge is 2.21. The second-order valence-corrected chi connectivity index (χ2v) is 7.23. The van der Waals surface area contributed by atoms with Gasteiger partial charge in [0, 0.05) is 23.9 Å². The zero-order chi connectivity index (χ0) is 17.2. The third kappa shape index (κ3) is 3.32. The summed E-state index contributed by atoms with van der Waals surface area (Å²) in [6.45, 7) is 0.403. The second-order valence-electron chi connectivity index (χ2n) is 6.15. The summed E-state index contributed by atoms with van der Waals surface area (Å²) >= 11 is 1.62. The smallest absolute Gasteiger partial charge is 0.259 e. The maximum atomic E-state index is 12.4. The SMILES string of the molecule is O=C(CCc1nc2sc3c(c2c(=O)[nH]1)CCC3)NCc1ccccn1. The number of pyridine rings is 1. The lowest BCUT2D eigenvalue weighted by molar-refractivity contribution is -0.121. The molecule has 0 saturated heterocycles. The zero-order valence-corrected chi connectivity index (χ0v) is 14.5. The van der Waals surface area contributed by atoms with Crippen molar-refractivity contribution in [1.29, 1.82) is 0 Å². The predicted molar refractivity (Wildman–Crippen MR) is 96.7 cm³/mol. The summed E-state index contributed by atoms with van der Waals surface area (Å²) in [5, 5.41) is 3.58. The molecule has 1 aliphatic carbocycles. The molecular formula is C18H18N4O2S. The molecule has 0 aliphatic heterocycles. The highest BCUT2D eigenvalue weighted by molar-refractivity contribution is 7.18. The molecule has 7 heteroatoms. The monoisotopic (exact) mass is 354 g/mol. The third-order valence-corrected chi connectivity index (χ3v) is 5.59. The number of rotatable bonds is 5. The molecule has 0 spiro atoms. The van der Waals surface area contributed by atoms with Gasteiger partial charge < -0.3 is 10.3 Å². The fourth-order valence-corrected chi connectivity index (χ4v) is 4.46. The zero-order valence-electron chi connectivity index (χ0n) is 13.7. The van der Waals surface area contributed by atoms with Gasteiger partial charge in [0.2, 0.25) is 5.91 Å². The van der Waals surface area contributed by atoms with E-state index in [4.69, 9.17) is 0 Å². The van der Waals surface area contributed by atoms with Gasteiger partial charge >= 0.3 is 0 Å². The summed E-state index contributed by atoms with van der Waals surface area (Å²) in [5.41, 5.74) is 1.92. The fraction of sp³-hybridized carbons (Fsp3) is 0.333. The average molecular weight is 354 g/mol. The van der Waals surface area contributed by atoms with Crippen molar-refractivity contribution in [1.82, 2.24) is 20.3 Å². The van der Waals surface area contributed by atoms with E-state index >= 15 is 0 Å². The Bertz CT molecular complexity index is 978. The van der Waals surface area contributed by atoms with Crippen LogP contribution in [0.2, 0.25) is 0 Å². The Morgan fingerprint density at radius 3 is 3.08 bits per heavy atom. The lowest BCUT2D eigenvalue weighted by atomic mass is 10.2. The van der Waals surface area contributed by atoms with Crippen molar-refractivity contribution in [2.75, 3.05) is 0 Å². The Morgan fingerprint density at radius 1 is 1.32 bits per heavy atom. The van der Waals surface area contributed by atoms with Crippen LogP contribution in [0.3, 0.4) is 0 Å². The van der Waals surface area contributed by atoms with Crippen molar-refractivity contribution in [3.05, 3.63) is 56.7 Å². The maximum Gasteiger partial charge on any atom is 0.259 e. The molecule has 0 aromatic carbocycles. The van der Waals surface area contributed by atoms with Gasteiger partial charge in [-0.25, -0.2) is 4.98 Å². The van der Waals surface area contributed by atoms with Gasteiger partial charge in [0.1, 0.15) is 10.7 Å². The Hall–Kier alpha value is -2.54. The van der Waals surface area contributed by atoms with Crippen molar-refractivity contribution in [2.45, 2.75) is 38.6 Å². The molecule has 1 aliphatic rings. The van der Waals surface area contributed by atoms with Crippen LogP contribution >= 0.6 is 11.3 Å². The first-order valence-corrected chi connectivity index (χ1v) is 9.22. The molecule has 25 heavy (non-hydrogen) atoms. The average Bonchev–Trinajstić information content (AvgIpc) is 3.19. The van der Waals surface area contributed by atoms with Gasteiger partial charge in [0.05, 0.1) is 17.6 Å². The number of nitrogens with zero attached hydrogens (tertiary/aromatic N) is 2. The lowest BCUT2D eigenvalue weighted by Crippen LogP contribution is -2.24. The first-order valence-electron chi connectivity index (χ1n) is 8.41. The molecule has 4 rings (SSSR count). The molecule has 6 nitrogen and oxygen atoms in total. The number of nitrogens with one attached hydrogen (secondary N) is 2. The molecule has 3 heterocycles. The predicted octanol–water partition coefficient (Wildman–Crippen LogP) is 2.12. The van der Waals surface area contributed by atoms with Crippen LogP contribution in [-0.4, -0.2) is 20.9 Å². The van der Waals surface area contributed by atoms with Crippen LogP contribution in [-0.2, 0) is 30.6 Å². The van der Waals surface area contributed by atoms with E-state index in [-0.39, 0.29) is 17.9 Å². The number of hydrogen-bond acceptors (Lipinski definition) is 5. The number of aromatic nitrogens is 3. The van der Waals surface area contributed by atoms with Crippen molar-refractivity contribution < 1.29 is 4.79 Å². The van der Waals surface area contributed by atoms with Gasteiger partial charge in [-0.2, -0.15) is 0 Å². The van der Waals surface area contributed by atoms with Gasteiger partial charge in [-0.3, -0.25) is 14.6 Å². The number of aromatic amines is 1. The van der Waals surface area contributed by atoms with Gasteiger partial charge in [-0.15, -0.1) is 11.3 Å². The van der Waals surface area contributed by atoms with Gasteiger partial charge in [-0.05, 0) is 37.0 Å². The highest BCUT2D eigenvalue weighted by atomic mass is 32.1. The molecule has 1 amide bonds. The molecule has 0 radical (unpaired) electrons. The number of thiophene rings is 1. The normalized spacial score (nSPS) is 13.1. The minimum Gasteiger partial charge on any atom is -0.350 e. The van der Waals surface area contributed by atoms with Crippen LogP contribution in [0.4, 0.5) is 0 Å². The number of carbonyl (C=O) groups is 1. The van der Waals surface area contributed by atoms with Crippen molar-refractivity contribution >= 4 is 27.5 Å². The molecule has 0 atom stereocenters. The Morgan fingerprint density at radius 2 is 2.24 bits per heavy atom. The van der Waals surface area contributed by atoms with Gasteiger partial charge in [-0.1, -0.05) is 6.07 Å². The van der Waals surface area contributed by atoms with E-state index in [9.17, 15) is 9.59 Å². The second kappa shape index (κ2) is 6.76. The summed E-state index contributed by atoms with van der Waals surface area (Å²) in [5.74, 6) is 0.493. The molecule has 3 aromatic rings. The molecule has 0 bridgehead atoms. The van der Waals surface area contributed by atoms with Crippen molar-refractivity contribution in [2.24, 2.45) is 0 Å². The molecule has 0 fully saturated rings. The number of carbonyl (C=O) groups excluding carboxylic acids is 1. The van der Waals surface area contributed by atoms with E-state index < -0.39 is 0 Å². The Balaban J connectivity index is 1.41. The largest absolute Gasteiger partial charge is 0.350 e. The third-order valence-electron chi connectivity index (χ3n) is 4.41. The van der Waals surface area contributed by atoms with Gasteiger partial charge in [0.15, 0.2) is 0 Å². The topological polar surface area (TPSA) is 87.7 Å². The Labute approximate surface area is 148 Å².